The van der Waals surface area contributed by atoms with Crippen molar-refractivity contribution in [3.05, 3.63) is 33.8 Å². The summed E-state index contributed by atoms with van der Waals surface area (Å²) in [5.41, 5.74) is 11.3. The zero-order chi connectivity index (χ0) is 13.3. The second-order valence-electron chi connectivity index (χ2n) is 4.37. The topological polar surface area (TPSA) is 48.1 Å². The monoisotopic (exact) mass is 262 g/mol. The fraction of sp³-hybridized carbons (Fsp3) is 0.357. The summed E-state index contributed by atoms with van der Waals surface area (Å²) >= 11 is 1.64. The van der Waals surface area contributed by atoms with Crippen LogP contribution in [0.15, 0.2) is 11.4 Å². The minimum atomic E-state index is 0.490. The van der Waals surface area contributed by atoms with E-state index in [4.69, 9.17) is 10.5 Å². The van der Waals surface area contributed by atoms with Crippen LogP contribution in [0.5, 0.6) is 5.75 Å². The predicted molar refractivity (Wildman–Crippen MR) is 76.2 cm³/mol. The maximum absolute atomic E-state index is 5.61. The van der Waals surface area contributed by atoms with Crippen molar-refractivity contribution in [2.75, 3.05) is 7.11 Å². The molecule has 1 aromatic heterocycles. The van der Waals surface area contributed by atoms with Gasteiger partial charge in [-0.25, -0.2) is 4.98 Å². The van der Waals surface area contributed by atoms with Gasteiger partial charge >= 0.3 is 0 Å². The van der Waals surface area contributed by atoms with Crippen LogP contribution in [0.1, 0.15) is 22.4 Å². The van der Waals surface area contributed by atoms with Crippen LogP contribution in [0.4, 0.5) is 0 Å². The fourth-order valence-corrected chi connectivity index (χ4v) is 3.02. The Kier molecular flexibility index (Phi) is 3.68. The first-order chi connectivity index (χ1) is 8.58. The Morgan fingerprint density at radius 2 is 2.00 bits per heavy atom. The Balaban J connectivity index is 2.58. The summed E-state index contributed by atoms with van der Waals surface area (Å²) in [7, 11) is 1.71. The van der Waals surface area contributed by atoms with Crippen molar-refractivity contribution < 1.29 is 4.74 Å². The molecule has 0 aliphatic carbocycles. The molecular weight excluding hydrogens is 244 g/mol. The molecule has 1 aromatic carbocycles. The third kappa shape index (κ3) is 2.13. The number of thiazole rings is 1. The van der Waals surface area contributed by atoms with Crippen LogP contribution in [0.2, 0.25) is 0 Å². The van der Waals surface area contributed by atoms with Gasteiger partial charge in [0.25, 0.3) is 0 Å². The van der Waals surface area contributed by atoms with Gasteiger partial charge in [0.15, 0.2) is 0 Å². The van der Waals surface area contributed by atoms with Crippen molar-refractivity contribution in [1.29, 1.82) is 0 Å². The number of hydrogen-bond donors (Lipinski definition) is 1. The molecule has 2 aromatic rings. The van der Waals surface area contributed by atoms with E-state index in [1.54, 1.807) is 18.4 Å². The quantitative estimate of drug-likeness (QED) is 0.924. The lowest BCUT2D eigenvalue weighted by Crippen LogP contribution is -1.98. The van der Waals surface area contributed by atoms with Gasteiger partial charge in [0.1, 0.15) is 10.8 Å². The fourth-order valence-electron chi connectivity index (χ4n) is 2.12. The summed E-state index contributed by atoms with van der Waals surface area (Å²) in [5, 5.41) is 3.05. The Bertz CT molecular complexity index is 575. The smallest absolute Gasteiger partial charge is 0.124 e. The van der Waals surface area contributed by atoms with E-state index in [1.807, 2.05) is 5.38 Å². The molecule has 4 heteroatoms. The molecule has 0 unspecified atom stereocenters. The molecule has 0 radical (unpaired) electrons. The summed E-state index contributed by atoms with van der Waals surface area (Å²) < 4.78 is 5.44. The number of nitrogens with zero attached hydrogens (tertiary/aromatic N) is 1. The van der Waals surface area contributed by atoms with Crippen molar-refractivity contribution in [1.82, 2.24) is 4.98 Å². The minimum absolute atomic E-state index is 0.490. The third-order valence-corrected chi connectivity index (χ3v) is 4.15. The molecule has 0 bridgehead atoms. The zero-order valence-corrected chi connectivity index (χ0v) is 12.0. The van der Waals surface area contributed by atoms with Gasteiger partial charge in [-0.1, -0.05) is 0 Å². The van der Waals surface area contributed by atoms with Crippen molar-refractivity contribution >= 4 is 11.3 Å². The highest BCUT2D eigenvalue weighted by molar-refractivity contribution is 7.13. The number of benzene rings is 1. The summed E-state index contributed by atoms with van der Waals surface area (Å²) in [5.74, 6) is 0.965. The summed E-state index contributed by atoms with van der Waals surface area (Å²) in [6.07, 6.45) is 0. The SMILES string of the molecule is COc1c(C)cc(-c2nc(CN)cs2)c(C)c1C. The van der Waals surface area contributed by atoms with Gasteiger partial charge in [0, 0.05) is 17.5 Å². The van der Waals surface area contributed by atoms with Crippen LogP contribution in [0.3, 0.4) is 0 Å². The molecule has 1 heterocycles. The lowest BCUT2D eigenvalue weighted by Gasteiger charge is -2.14. The molecule has 96 valence electrons. The normalized spacial score (nSPS) is 10.7. The molecule has 2 N–H and O–H groups in total. The summed E-state index contributed by atoms with van der Waals surface area (Å²) in [4.78, 5) is 4.55. The maximum Gasteiger partial charge on any atom is 0.124 e. The van der Waals surface area contributed by atoms with E-state index >= 15 is 0 Å². The second-order valence-corrected chi connectivity index (χ2v) is 5.23. The number of aromatic nitrogens is 1. The second kappa shape index (κ2) is 5.08. The van der Waals surface area contributed by atoms with Crippen LogP contribution in [0.25, 0.3) is 10.6 Å². The molecule has 0 saturated heterocycles. The van der Waals surface area contributed by atoms with Crippen LogP contribution in [0, 0.1) is 20.8 Å². The van der Waals surface area contributed by atoms with E-state index < -0.39 is 0 Å². The number of ether oxygens (including phenoxy) is 1. The summed E-state index contributed by atoms with van der Waals surface area (Å²) in [6, 6.07) is 2.14. The average molecular weight is 262 g/mol. The molecule has 0 saturated carbocycles. The Morgan fingerprint density at radius 3 is 2.56 bits per heavy atom. The first kappa shape index (κ1) is 13.1. The van der Waals surface area contributed by atoms with Crippen molar-refractivity contribution in [2.24, 2.45) is 5.73 Å². The van der Waals surface area contributed by atoms with Crippen molar-refractivity contribution in [3.8, 4) is 16.3 Å². The van der Waals surface area contributed by atoms with Gasteiger partial charge in [-0.2, -0.15) is 0 Å². The van der Waals surface area contributed by atoms with E-state index in [-0.39, 0.29) is 0 Å². The van der Waals surface area contributed by atoms with E-state index in [2.05, 4.69) is 31.8 Å². The van der Waals surface area contributed by atoms with Gasteiger partial charge < -0.3 is 10.5 Å². The van der Waals surface area contributed by atoms with Crippen LogP contribution in [-0.2, 0) is 6.54 Å². The van der Waals surface area contributed by atoms with Gasteiger partial charge in [0.2, 0.25) is 0 Å². The average Bonchev–Trinajstić information content (AvgIpc) is 2.83. The van der Waals surface area contributed by atoms with E-state index in [9.17, 15) is 0 Å². The predicted octanol–water partition coefficient (Wildman–Crippen LogP) is 3.20. The van der Waals surface area contributed by atoms with Gasteiger partial charge in [-0.15, -0.1) is 11.3 Å². The van der Waals surface area contributed by atoms with Gasteiger partial charge in [-0.05, 0) is 43.5 Å². The lowest BCUT2D eigenvalue weighted by molar-refractivity contribution is 0.408. The van der Waals surface area contributed by atoms with Crippen molar-refractivity contribution in [2.45, 2.75) is 27.3 Å². The van der Waals surface area contributed by atoms with Crippen LogP contribution in [-0.4, -0.2) is 12.1 Å². The Hall–Kier alpha value is -1.39. The number of rotatable bonds is 3. The third-order valence-electron chi connectivity index (χ3n) is 3.22. The zero-order valence-electron chi connectivity index (χ0n) is 11.2. The number of methoxy groups -OCH3 is 1. The summed E-state index contributed by atoms with van der Waals surface area (Å²) in [6.45, 7) is 6.74. The van der Waals surface area contributed by atoms with Crippen LogP contribution < -0.4 is 10.5 Å². The largest absolute Gasteiger partial charge is 0.496 e. The van der Waals surface area contributed by atoms with E-state index in [1.165, 1.54) is 16.7 Å². The lowest BCUT2D eigenvalue weighted by atomic mass is 9.99. The van der Waals surface area contributed by atoms with E-state index in [0.29, 0.717) is 6.54 Å². The molecule has 0 spiro atoms. The number of aryl methyl sites for hydroxylation is 1. The molecule has 2 rings (SSSR count). The molecule has 0 atom stereocenters. The Morgan fingerprint density at radius 1 is 1.28 bits per heavy atom. The standard InChI is InChI=1S/C14H18N2OS/c1-8-5-12(9(2)10(3)13(8)17-4)14-16-11(6-15)7-18-14/h5,7H,6,15H2,1-4H3. The highest BCUT2D eigenvalue weighted by atomic mass is 32.1. The Labute approximate surface area is 112 Å². The van der Waals surface area contributed by atoms with E-state index in [0.717, 1.165) is 22.0 Å². The van der Waals surface area contributed by atoms with Crippen LogP contribution >= 0.6 is 11.3 Å². The minimum Gasteiger partial charge on any atom is -0.496 e. The molecule has 18 heavy (non-hydrogen) atoms. The maximum atomic E-state index is 5.61. The number of hydrogen-bond acceptors (Lipinski definition) is 4. The molecule has 0 aliphatic rings. The molecule has 3 nitrogen and oxygen atoms in total. The van der Waals surface area contributed by atoms with Gasteiger partial charge in [0.05, 0.1) is 12.8 Å². The number of nitrogens with two attached hydrogens (primary N) is 1. The van der Waals surface area contributed by atoms with Gasteiger partial charge in [-0.3, -0.25) is 0 Å². The highest BCUT2D eigenvalue weighted by Gasteiger charge is 2.14. The first-order valence-corrected chi connectivity index (χ1v) is 6.76. The molecule has 0 aliphatic heterocycles. The highest BCUT2D eigenvalue weighted by Crippen LogP contribution is 2.35. The first-order valence-electron chi connectivity index (χ1n) is 5.88. The molecular formula is C14H18N2OS. The molecule has 0 fully saturated rings. The van der Waals surface area contributed by atoms with Crippen molar-refractivity contribution in [3.63, 3.8) is 0 Å². The molecule has 0 amide bonds.